The van der Waals surface area contributed by atoms with Gasteiger partial charge in [0.2, 0.25) is 5.91 Å². The Labute approximate surface area is 129 Å². The molecule has 118 valence electrons. The normalized spacial score (nSPS) is 11.4. The van der Waals surface area contributed by atoms with Crippen molar-refractivity contribution in [2.24, 2.45) is 0 Å². The van der Waals surface area contributed by atoms with Gasteiger partial charge in [-0.15, -0.1) is 11.3 Å². The summed E-state index contributed by atoms with van der Waals surface area (Å²) in [6.07, 6.45) is 2.79. The Balaban J connectivity index is 2.22. The van der Waals surface area contributed by atoms with Gasteiger partial charge in [-0.05, 0) is 12.8 Å². The van der Waals surface area contributed by atoms with Crippen LogP contribution >= 0.6 is 11.3 Å². The van der Waals surface area contributed by atoms with Gasteiger partial charge in [0.25, 0.3) is 0 Å². The van der Waals surface area contributed by atoms with E-state index in [1.165, 1.54) is 0 Å². The van der Waals surface area contributed by atoms with Gasteiger partial charge in [0.15, 0.2) is 0 Å². The van der Waals surface area contributed by atoms with E-state index in [9.17, 15) is 9.59 Å². The summed E-state index contributed by atoms with van der Waals surface area (Å²) in [5.74, 6) is -0.795. The second-order valence-electron chi connectivity index (χ2n) is 6.13. The van der Waals surface area contributed by atoms with Gasteiger partial charge in [0.05, 0.1) is 17.1 Å². The van der Waals surface area contributed by atoms with E-state index in [4.69, 9.17) is 5.11 Å². The molecule has 6 heteroatoms. The molecule has 0 aliphatic rings. The number of hydrogen-bond acceptors (Lipinski definition) is 4. The van der Waals surface area contributed by atoms with Crippen LogP contribution in [0.1, 0.15) is 57.2 Å². The molecule has 1 aromatic heterocycles. The molecule has 1 aromatic rings. The van der Waals surface area contributed by atoms with Crippen LogP contribution in [0.15, 0.2) is 5.38 Å². The van der Waals surface area contributed by atoms with E-state index in [1.54, 1.807) is 11.3 Å². The van der Waals surface area contributed by atoms with Gasteiger partial charge < -0.3 is 10.4 Å². The lowest BCUT2D eigenvalue weighted by molar-refractivity contribution is -0.137. The zero-order chi connectivity index (χ0) is 15.9. The Hall–Kier alpha value is -1.43. The molecule has 0 fully saturated rings. The number of rotatable bonds is 8. The van der Waals surface area contributed by atoms with E-state index in [1.807, 2.05) is 5.38 Å². The lowest BCUT2D eigenvalue weighted by Gasteiger charge is -2.13. The molecule has 0 atom stereocenters. The third-order valence-electron chi connectivity index (χ3n) is 2.92. The molecular formula is C15H24N2O3S. The van der Waals surface area contributed by atoms with Crippen molar-refractivity contribution < 1.29 is 14.7 Å². The van der Waals surface area contributed by atoms with Gasteiger partial charge in [-0.2, -0.15) is 0 Å². The van der Waals surface area contributed by atoms with Crippen LogP contribution in [-0.2, 0) is 21.4 Å². The average Bonchev–Trinajstić information content (AvgIpc) is 2.81. The highest BCUT2D eigenvalue weighted by atomic mass is 32.1. The summed E-state index contributed by atoms with van der Waals surface area (Å²) in [4.78, 5) is 26.6. The summed E-state index contributed by atoms with van der Waals surface area (Å²) in [5.41, 5.74) is 0.831. The van der Waals surface area contributed by atoms with E-state index in [0.717, 1.165) is 23.5 Å². The Bertz CT molecular complexity index is 478. The number of unbranched alkanes of at least 4 members (excludes halogenated alkanes) is 2. The van der Waals surface area contributed by atoms with Crippen LogP contribution in [0.4, 0.5) is 0 Å². The predicted molar refractivity (Wildman–Crippen MR) is 83.6 cm³/mol. The third kappa shape index (κ3) is 7.22. The summed E-state index contributed by atoms with van der Waals surface area (Å²) >= 11 is 1.59. The molecule has 0 bridgehead atoms. The largest absolute Gasteiger partial charge is 0.481 e. The fourth-order valence-corrected chi connectivity index (χ4v) is 2.67. The number of thiazole rings is 1. The number of amides is 1. The lowest BCUT2D eigenvalue weighted by atomic mass is 9.98. The van der Waals surface area contributed by atoms with Crippen molar-refractivity contribution in [2.75, 3.05) is 6.54 Å². The van der Waals surface area contributed by atoms with Gasteiger partial charge >= 0.3 is 5.97 Å². The third-order valence-corrected chi connectivity index (χ3v) is 4.24. The van der Waals surface area contributed by atoms with Gasteiger partial charge in [0.1, 0.15) is 0 Å². The van der Waals surface area contributed by atoms with Crippen LogP contribution in [-0.4, -0.2) is 28.5 Å². The quantitative estimate of drug-likeness (QED) is 0.723. The molecule has 1 rings (SSSR count). The number of carboxylic acids is 1. The summed E-state index contributed by atoms with van der Waals surface area (Å²) in [6.45, 7) is 6.90. The summed E-state index contributed by atoms with van der Waals surface area (Å²) in [6, 6.07) is 0. The molecule has 21 heavy (non-hydrogen) atoms. The second-order valence-corrected chi connectivity index (χ2v) is 6.98. The molecule has 0 aromatic carbocycles. The van der Waals surface area contributed by atoms with Crippen LogP contribution in [0.5, 0.6) is 0 Å². The molecule has 5 nitrogen and oxygen atoms in total. The molecular weight excluding hydrogens is 288 g/mol. The lowest BCUT2D eigenvalue weighted by Crippen LogP contribution is -2.26. The standard InChI is InChI=1S/C15H24N2O3S/c1-15(2,3)14-17-11(10-21-14)9-12(18)16-8-6-4-5-7-13(19)20/h10H,4-9H2,1-3H3,(H,16,18)(H,19,20). The maximum absolute atomic E-state index is 11.8. The minimum Gasteiger partial charge on any atom is -0.481 e. The Morgan fingerprint density at radius 3 is 2.57 bits per heavy atom. The summed E-state index contributed by atoms with van der Waals surface area (Å²) in [5, 5.41) is 14.3. The van der Waals surface area contributed by atoms with Crippen LogP contribution < -0.4 is 5.32 Å². The molecule has 0 radical (unpaired) electrons. The SMILES string of the molecule is CC(C)(C)c1nc(CC(=O)NCCCCCC(=O)O)cs1. The molecule has 0 unspecified atom stereocenters. The minimum atomic E-state index is -0.766. The molecule has 0 spiro atoms. The number of hydrogen-bond donors (Lipinski definition) is 2. The fraction of sp³-hybridized carbons (Fsp3) is 0.667. The van der Waals surface area contributed by atoms with Gasteiger partial charge in [-0.1, -0.05) is 27.2 Å². The molecule has 1 amide bonds. The number of nitrogens with zero attached hydrogens (tertiary/aromatic N) is 1. The van der Waals surface area contributed by atoms with Gasteiger partial charge in [-0.25, -0.2) is 4.98 Å². The van der Waals surface area contributed by atoms with E-state index >= 15 is 0 Å². The van der Waals surface area contributed by atoms with Crippen molar-refractivity contribution in [2.45, 2.75) is 58.3 Å². The Morgan fingerprint density at radius 1 is 1.29 bits per heavy atom. The summed E-state index contributed by atoms with van der Waals surface area (Å²) < 4.78 is 0. The van der Waals surface area contributed by atoms with E-state index < -0.39 is 5.97 Å². The zero-order valence-corrected chi connectivity index (χ0v) is 13.8. The Kier molecular flexibility index (Phi) is 6.81. The van der Waals surface area contributed by atoms with E-state index in [2.05, 4.69) is 31.1 Å². The van der Waals surface area contributed by atoms with Gasteiger partial charge in [0, 0.05) is 23.8 Å². The zero-order valence-electron chi connectivity index (χ0n) is 12.9. The topological polar surface area (TPSA) is 79.3 Å². The van der Waals surface area contributed by atoms with Crippen molar-refractivity contribution in [1.82, 2.24) is 10.3 Å². The highest BCUT2D eigenvalue weighted by molar-refractivity contribution is 7.09. The smallest absolute Gasteiger partial charge is 0.303 e. The van der Waals surface area contributed by atoms with E-state index in [0.29, 0.717) is 19.4 Å². The predicted octanol–water partition coefficient (Wildman–Crippen LogP) is 2.74. The van der Waals surface area contributed by atoms with E-state index in [-0.39, 0.29) is 17.7 Å². The number of carboxylic acid groups (broad SMARTS) is 1. The van der Waals surface area contributed by atoms with Crippen LogP contribution in [0.2, 0.25) is 0 Å². The number of aliphatic carboxylic acids is 1. The molecule has 1 heterocycles. The molecule has 0 aliphatic carbocycles. The van der Waals surface area contributed by atoms with Crippen molar-refractivity contribution in [1.29, 1.82) is 0 Å². The van der Waals surface area contributed by atoms with Crippen molar-refractivity contribution >= 4 is 23.2 Å². The highest BCUT2D eigenvalue weighted by Gasteiger charge is 2.18. The maximum atomic E-state index is 11.8. The number of carbonyl (C=O) groups excluding carboxylic acids is 1. The first-order chi connectivity index (χ1) is 9.79. The fourth-order valence-electron chi connectivity index (χ4n) is 1.77. The van der Waals surface area contributed by atoms with Crippen molar-refractivity contribution in [3.63, 3.8) is 0 Å². The highest BCUT2D eigenvalue weighted by Crippen LogP contribution is 2.25. The number of nitrogens with one attached hydrogen (secondary N) is 1. The number of carbonyl (C=O) groups is 2. The molecule has 0 aliphatic heterocycles. The van der Waals surface area contributed by atoms with Crippen LogP contribution in [0.25, 0.3) is 0 Å². The molecule has 0 saturated carbocycles. The maximum Gasteiger partial charge on any atom is 0.303 e. The van der Waals surface area contributed by atoms with Crippen LogP contribution in [0, 0.1) is 0 Å². The monoisotopic (exact) mass is 312 g/mol. The molecule has 2 N–H and O–H groups in total. The first kappa shape index (κ1) is 17.6. The second kappa shape index (κ2) is 8.12. The van der Waals surface area contributed by atoms with Crippen molar-refractivity contribution in [3.05, 3.63) is 16.1 Å². The summed E-state index contributed by atoms with van der Waals surface area (Å²) in [7, 11) is 0. The first-order valence-corrected chi connectivity index (χ1v) is 8.10. The van der Waals surface area contributed by atoms with Crippen LogP contribution in [0.3, 0.4) is 0 Å². The minimum absolute atomic E-state index is 0.0174. The van der Waals surface area contributed by atoms with Crippen molar-refractivity contribution in [3.8, 4) is 0 Å². The molecule has 0 saturated heterocycles. The van der Waals surface area contributed by atoms with Gasteiger partial charge in [-0.3, -0.25) is 9.59 Å². The first-order valence-electron chi connectivity index (χ1n) is 7.22. The average molecular weight is 312 g/mol. The number of aromatic nitrogens is 1. The Morgan fingerprint density at radius 2 is 2.00 bits per heavy atom.